The number of nitrogens with two attached hydrogens (primary N) is 3. The van der Waals surface area contributed by atoms with Crippen LogP contribution in [0.25, 0.3) is 11.0 Å². The van der Waals surface area contributed by atoms with Crippen molar-refractivity contribution in [3.8, 4) is 11.5 Å². The number of likely N-dealkylation sites (N-methyl/N-ethyl adjacent to an activating group) is 1. The number of nitrogens with one attached hydrogen (secondary N) is 3. The monoisotopic (exact) mass is 948 g/mol. The number of nitrogen functional groups attached to an aromatic ring is 1. The summed E-state index contributed by atoms with van der Waals surface area (Å²) in [6, 6.07) is 9.31. The van der Waals surface area contributed by atoms with Gasteiger partial charge in [-0.2, -0.15) is 15.3 Å². The van der Waals surface area contributed by atoms with Crippen LogP contribution in [0.2, 0.25) is 0 Å². The molecule has 0 aliphatic rings. The Hall–Kier alpha value is -8.44. The first-order valence-corrected chi connectivity index (χ1v) is 21.6. The molecule has 0 unspecified atom stereocenters. The number of amides is 3. The number of benzene rings is 2. The Morgan fingerprint density at radius 3 is 2.12 bits per heavy atom. The standard InChI is InChI=1S/C31H36N10O6.C8H14N4.C7H10N2O/c1-6-41-23(11-18(2)38-41)30(45)37-31-36-22-13-20(29(33)44)14-24(46-5)27(22)40(31)10-8-7-9-39(16-34-3)26-21(35-4)12-19(28(32)43)15-25(26)47-17-42;1-10-4-2-3-5-12-7-8(9)6-11-12;1-3-9-7(5-10)4-6(2)8-9/h7-8,11-15,17,34H,4,6,9-10,16H2,1-3,5H3,(H2,32,43)(H2,33,44)(H,36,37,45);2-3,6-7,10H,4-5,9H2,1H3;4-5H,3H2,1-2H3/b8-7+;3-2+;. The Labute approximate surface area is 399 Å². The number of ether oxygens (including phenoxy) is 2. The fourth-order valence-corrected chi connectivity index (χ4v) is 6.84. The van der Waals surface area contributed by atoms with Crippen LogP contribution >= 0.6 is 0 Å². The van der Waals surface area contributed by atoms with Crippen molar-refractivity contribution >= 4 is 71.2 Å². The third-order valence-electron chi connectivity index (χ3n) is 9.89. The lowest BCUT2D eigenvalue weighted by molar-refractivity contribution is -0.120. The molecule has 0 aliphatic carbocycles. The first-order chi connectivity index (χ1) is 33.2. The average Bonchev–Trinajstić information content (AvgIpc) is 4.12. The summed E-state index contributed by atoms with van der Waals surface area (Å²) in [4.78, 5) is 69.4. The first kappa shape index (κ1) is 53.2. The first-order valence-electron chi connectivity index (χ1n) is 21.6. The highest BCUT2D eigenvalue weighted by Crippen LogP contribution is 2.39. The summed E-state index contributed by atoms with van der Waals surface area (Å²) in [7, 11) is 5.11. The van der Waals surface area contributed by atoms with E-state index in [1.807, 2.05) is 57.1 Å². The Kier molecular flexibility index (Phi) is 20.1. The van der Waals surface area contributed by atoms with E-state index in [-0.39, 0.29) is 48.1 Å². The van der Waals surface area contributed by atoms with Crippen LogP contribution in [0.15, 0.2) is 78.1 Å². The topological polar surface area (TPSA) is 305 Å². The molecular formula is C46H60N16O7. The smallest absolute Gasteiger partial charge is 0.298 e. The number of methoxy groups -OCH3 is 1. The molecular weight excluding hydrogens is 889 g/mol. The molecule has 69 heavy (non-hydrogen) atoms. The van der Waals surface area contributed by atoms with E-state index in [0.717, 1.165) is 31.6 Å². The van der Waals surface area contributed by atoms with Gasteiger partial charge in [0.25, 0.3) is 12.4 Å². The number of carbonyl (C=O) groups is 5. The number of nitrogens with zero attached hydrogens (tertiary/aromatic N) is 10. The third-order valence-corrected chi connectivity index (χ3v) is 9.89. The Bertz CT molecular complexity index is 2800. The van der Waals surface area contributed by atoms with E-state index in [1.54, 1.807) is 50.9 Å². The molecule has 23 heteroatoms. The number of aromatic nitrogens is 8. The van der Waals surface area contributed by atoms with E-state index in [4.69, 9.17) is 26.7 Å². The summed E-state index contributed by atoms with van der Waals surface area (Å²) in [5.74, 6) is -1.20. The van der Waals surface area contributed by atoms with Crippen LogP contribution in [0, 0.1) is 13.8 Å². The van der Waals surface area contributed by atoms with Crippen molar-refractivity contribution in [3.63, 3.8) is 0 Å². The minimum absolute atomic E-state index is 0.0736. The molecule has 4 heterocycles. The number of anilines is 3. The van der Waals surface area contributed by atoms with Gasteiger partial charge in [0.05, 0.1) is 54.8 Å². The number of imidazole rings is 1. The van der Waals surface area contributed by atoms with Crippen LogP contribution in [-0.4, -0.2) is 117 Å². The number of rotatable bonds is 22. The quantitative estimate of drug-likeness (QED) is 0.0246. The number of aldehydes is 1. The van der Waals surface area contributed by atoms with Gasteiger partial charge in [0, 0.05) is 50.0 Å². The summed E-state index contributed by atoms with van der Waals surface area (Å²) < 4.78 is 17.6. The number of primary amides is 2. The van der Waals surface area contributed by atoms with Crippen LogP contribution in [0.4, 0.5) is 23.0 Å². The second-order valence-corrected chi connectivity index (χ2v) is 14.9. The van der Waals surface area contributed by atoms with Crippen LogP contribution < -0.4 is 47.5 Å². The number of aryl methyl sites for hydroxylation is 4. The van der Waals surface area contributed by atoms with Crippen molar-refractivity contribution < 1.29 is 33.4 Å². The molecule has 3 amide bonds. The molecule has 9 N–H and O–H groups in total. The molecule has 0 radical (unpaired) electrons. The van der Waals surface area contributed by atoms with Gasteiger partial charge in [-0.15, -0.1) is 0 Å². The van der Waals surface area contributed by atoms with Crippen molar-refractivity contribution in [2.75, 3.05) is 56.9 Å². The van der Waals surface area contributed by atoms with Gasteiger partial charge in [-0.1, -0.05) is 24.3 Å². The lowest BCUT2D eigenvalue weighted by Gasteiger charge is -2.26. The van der Waals surface area contributed by atoms with E-state index in [2.05, 4.69) is 54.0 Å². The van der Waals surface area contributed by atoms with Crippen molar-refractivity contribution in [3.05, 3.63) is 107 Å². The maximum atomic E-state index is 13.4. The van der Waals surface area contributed by atoms with Crippen LogP contribution in [0.3, 0.4) is 0 Å². The van der Waals surface area contributed by atoms with Gasteiger partial charge >= 0.3 is 0 Å². The van der Waals surface area contributed by atoms with Crippen molar-refractivity contribution in [1.29, 1.82) is 0 Å². The van der Waals surface area contributed by atoms with E-state index in [1.165, 1.54) is 31.4 Å². The maximum absolute atomic E-state index is 13.4. The highest BCUT2D eigenvalue weighted by molar-refractivity contribution is 6.04. The lowest BCUT2D eigenvalue weighted by Crippen LogP contribution is -2.33. The van der Waals surface area contributed by atoms with Crippen molar-refractivity contribution in [2.45, 2.75) is 53.9 Å². The van der Waals surface area contributed by atoms with Gasteiger partial charge in [0.2, 0.25) is 17.8 Å². The van der Waals surface area contributed by atoms with Crippen LogP contribution in [0.5, 0.6) is 11.5 Å². The SMILES string of the molecule is C=Nc1cc(C(N)=O)cc(OC=O)c1N(C/C=C/Cn1c(NC(=O)c2cc(C)nn2CC)nc2cc(C(N)=O)cc(OC)c21)CNC.CCn1nc(C)cc1C=O.CNC/C=C/Cn1cc(N)cn1. The summed E-state index contributed by atoms with van der Waals surface area (Å²) in [5.41, 5.74) is 21.7. The second kappa shape index (κ2) is 26.0. The number of aliphatic imine (C=N–C) groups is 1. The molecule has 0 spiro atoms. The maximum Gasteiger partial charge on any atom is 0.298 e. The van der Waals surface area contributed by atoms with E-state index >= 15 is 0 Å². The molecule has 0 bridgehead atoms. The Morgan fingerprint density at radius 1 is 0.870 bits per heavy atom. The normalized spacial score (nSPS) is 10.9. The van der Waals surface area contributed by atoms with Gasteiger partial charge in [-0.25, -0.2) is 4.98 Å². The van der Waals surface area contributed by atoms with Gasteiger partial charge in [-0.3, -0.25) is 48.3 Å². The minimum atomic E-state index is -0.722. The van der Waals surface area contributed by atoms with Crippen LogP contribution in [-0.2, 0) is 31.0 Å². The summed E-state index contributed by atoms with van der Waals surface area (Å²) in [6.07, 6.45) is 12.0. The van der Waals surface area contributed by atoms with Gasteiger partial charge < -0.3 is 46.8 Å². The molecule has 6 aromatic rings. The minimum Gasteiger partial charge on any atom is -0.494 e. The number of hydrogen-bond donors (Lipinski definition) is 6. The zero-order chi connectivity index (χ0) is 50.6. The predicted octanol–water partition coefficient (Wildman–Crippen LogP) is 3.39. The molecule has 6 rings (SSSR count). The lowest BCUT2D eigenvalue weighted by atomic mass is 10.1. The number of fused-ring (bicyclic) bond motifs is 1. The predicted molar refractivity (Wildman–Crippen MR) is 264 cm³/mol. The van der Waals surface area contributed by atoms with Crippen molar-refractivity contribution in [1.82, 2.24) is 49.5 Å². The highest BCUT2D eigenvalue weighted by Gasteiger charge is 2.22. The zero-order valence-electron chi connectivity index (χ0n) is 39.8. The summed E-state index contributed by atoms with van der Waals surface area (Å²) in [6.45, 7) is 15.0. The van der Waals surface area contributed by atoms with E-state index in [0.29, 0.717) is 58.5 Å². The second-order valence-electron chi connectivity index (χ2n) is 14.9. The van der Waals surface area contributed by atoms with Gasteiger partial charge in [0.1, 0.15) is 28.3 Å². The fraction of sp³-hybridized carbons (Fsp3) is 0.304. The molecule has 0 saturated carbocycles. The highest BCUT2D eigenvalue weighted by atomic mass is 16.5. The molecule has 0 saturated heterocycles. The molecule has 4 aromatic heterocycles. The molecule has 0 atom stereocenters. The fourth-order valence-electron chi connectivity index (χ4n) is 6.84. The Balaban J connectivity index is 0.000000382. The molecule has 0 fully saturated rings. The van der Waals surface area contributed by atoms with E-state index < -0.39 is 17.7 Å². The average molecular weight is 949 g/mol. The zero-order valence-corrected chi connectivity index (χ0v) is 39.8. The molecule has 2 aromatic carbocycles. The number of allylic oxidation sites excluding steroid dienone is 2. The van der Waals surface area contributed by atoms with Crippen LogP contribution in [0.1, 0.15) is 66.9 Å². The summed E-state index contributed by atoms with van der Waals surface area (Å²) >= 11 is 0. The van der Waals surface area contributed by atoms with Gasteiger partial charge in [0.15, 0.2) is 12.0 Å². The Morgan fingerprint density at radius 2 is 1.54 bits per heavy atom. The van der Waals surface area contributed by atoms with Gasteiger partial charge in [-0.05, 0) is 84.9 Å². The van der Waals surface area contributed by atoms with E-state index in [9.17, 15) is 24.0 Å². The third kappa shape index (κ3) is 14.3. The summed E-state index contributed by atoms with van der Waals surface area (Å²) in [5, 5.41) is 21.4. The largest absolute Gasteiger partial charge is 0.494 e. The van der Waals surface area contributed by atoms with Crippen molar-refractivity contribution in [2.24, 2.45) is 16.5 Å². The molecule has 23 nitrogen and oxygen atoms in total. The molecule has 366 valence electrons. The number of carbonyl (C=O) groups excluding carboxylic acids is 5. The number of hydrogen-bond acceptors (Lipinski definition) is 16. The molecule has 0 aliphatic heterocycles.